The van der Waals surface area contributed by atoms with Crippen LogP contribution in [-0.4, -0.2) is 7.09 Å². The molecule has 1 rings (SSSR count). The molecule has 1 aromatic carbocycles. The van der Waals surface area contributed by atoms with E-state index in [1.54, 1.807) is 0 Å². The van der Waals surface area contributed by atoms with E-state index in [9.17, 15) is 0 Å². The van der Waals surface area contributed by atoms with E-state index < -0.39 is 0 Å². The van der Waals surface area contributed by atoms with Gasteiger partial charge in [-0.25, -0.2) is 0 Å². The Balaban J connectivity index is 2.43. The third kappa shape index (κ3) is 1.86. The number of methoxy groups -OCH3 is 1. The highest BCUT2D eigenvalue weighted by Gasteiger charge is 1.84. The zero-order valence-corrected chi connectivity index (χ0v) is 5.21. The van der Waals surface area contributed by atoms with E-state index in [0.29, 0.717) is 6.61 Å². The first kappa shape index (κ1) is 5.00. The van der Waals surface area contributed by atoms with Crippen molar-refractivity contribution in [3.63, 3.8) is 0 Å². The maximum absolute atomic E-state index is 6.73. The van der Waals surface area contributed by atoms with Crippen molar-refractivity contribution in [2.45, 2.75) is 6.61 Å². The minimum atomic E-state index is 0.0366. The van der Waals surface area contributed by atoms with Gasteiger partial charge in [0.05, 0.1) is 7.98 Å². The van der Waals surface area contributed by atoms with E-state index in [1.165, 1.54) is 0 Å². The average Bonchev–Trinajstić information content (AvgIpc) is 2.03. The predicted molar refractivity (Wildman–Crippen MR) is 37.2 cm³/mol. The van der Waals surface area contributed by atoms with Gasteiger partial charge in [-0.3, -0.25) is 0 Å². The molecule has 0 bridgehead atoms. The van der Waals surface area contributed by atoms with Crippen LogP contribution in [0.15, 0.2) is 30.3 Å². The molecule has 1 nitrogen and oxygen atoms in total. The zero-order valence-electron chi connectivity index (χ0n) is 6.21. The third-order valence-electron chi connectivity index (χ3n) is 1.11. The number of rotatable bonds is 2. The van der Waals surface area contributed by atoms with E-state index in [1.807, 2.05) is 30.3 Å². The van der Waals surface area contributed by atoms with Gasteiger partial charge in [-0.15, -0.1) is 0 Å². The molecule has 0 aliphatic heterocycles. The van der Waals surface area contributed by atoms with Gasteiger partial charge >= 0.3 is 0 Å². The smallest absolute Gasteiger partial charge is 0.0713 e. The predicted octanol–water partition coefficient (Wildman–Crippen LogP) is 1.83. The Morgan fingerprint density at radius 1 is 1.44 bits per heavy atom. The van der Waals surface area contributed by atoms with E-state index >= 15 is 0 Å². The van der Waals surface area contributed by atoms with Crippen LogP contribution < -0.4 is 0 Å². The Kier molecular flexibility index (Phi) is 1.81. The lowest BCUT2D eigenvalue weighted by Crippen LogP contribution is -1.84. The highest BCUT2D eigenvalue weighted by atomic mass is 16.5. The van der Waals surface area contributed by atoms with Gasteiger partial charge in [0.25, 0.3) is 0 Å². The van der Waals surface area contributed by atoms with E-state index in [4.69, 9.17) is 6.11 Å². The molecule has 0 aromatic heterocycles. The second kappa shape index (κ2) is 3.25. The van der Waals surface area contributed by atoms with Crippen LogP contribution >= 0.6 is 0 Å². The lowest BCUT2D eigenvalue weighted by molar-refractivity contribution is 0.185. The molecule has 0 saturated heterocycles. The molecule has 0 N–H and O–H groups in total. The van der Waals surface area contributed by atoms with Crippen LogP contribution in [0.2, 0.25) is 0 Å². The molecule has 1 heteroatoms. The first-order chi connectivity index (χ1) is 4.93. The van der Waals surface area contributed by atoms with Gasteiger partial charge < -0.3 is 4.74 Å². The third-order valence-corrected chi connectivity index (χ3v) is 1.11. The van der Waals surface area contributed by atoms with Crippen molar-refractivity contribution in [3.05, 3.63) is 35.9 Å². The minimum absolute atomic E-state index is 0.0366. The molecule has 0 unspecified atom stereocenters. The summed E-state index contributed by atoms with van der Waals surface area (Å²) in [6.45, 7) is 0.546. The summed E-state index contributed by atoms with van der Waals surface area (Å²) < 4.78 is 11.6. The summed E-state index contributed by atoms with van der Waals surface area (Å²) in [5.74, 6) is 0. The number of hydrogen-bond donors (Lipinski definition) is 0. The van der Waals surface area contributed by atoms with Gasteiger partial charge in [0, 0.05) is 7.09 Å². The monoisotopic (exact) mass is 124 g/mol. The van der Waals surface area contributed by atoms with Crippen molar-refractivity contribution < 1.29 is 6.11 Å². The Hall–Kier alpha value is -0.820. The van der Waals surface area contributed by atoms with Gasteiger partial charge in [-0.2, -0.15) is 0 Å². The first-order valence-electron chi connectivity index (χ1n) is 3.55. The molecule has 0 aliphatic carbocycles. The van der Waals surface area contributed by atoms with Gasteiger partial charge in [0.15, 0.2) is 0 Å². The standard InChI is InChI=1S/C8H10O/c1-9-7-8-5-3-2-4-6-8/h2-6H,7H2,1H3/i1T. The summed E-state index contributed by atoms with van der Waals surface area (Å²) >= 11 is 0. The molecular weight excluding hydrogens is 112 g/mol. The topological polar surface area (TPSA) is 9.23 Å². The number of benzene rings is 1. The zero-order chi connectivity index (χ0) is 7.23. The molecule has 0 aliphatic rings. The first-order valence-corrected chi connectivity index (χ1v) is 2.84. The van der Waals surface area contributed by atoms with Crippen molar-refractivity contribution in [1.29, 1.82) is 0 Å². The average molecular weight is 124 g/mol. The van der Waals surface area contributed by atoms with Crippen LogP contribution in [0.1, 0.15) is 6.93 Å². The molecule has 0 fully saturated rings. The Labute approximate surface area is 56.7 Å². The molecule has 0 atom stereocenters. The minimum Gasteiger partial charge on any atom is -0.380 e. The molecule has 9 heavy (non-hydrogen) atoms. The fourth-order valence-corrected chi connectivity index (χ4v) is 0.692. The molecule has 0 amide bonds. The molecular formula is C8H10O. The fourth-order valence-electron chi connectivity index (χ4n) is 0.692. The highest BCUT2D eigenvalue weighted by Crippen LogP contribution is 1.98. The second-order valence-electron chi connectivity index (χ2n) is 1.83. The maximum Gasteiger partial charge on any atom is 0.0713 e. The van der Waals surface area contributed by atoms with Crippen LogP contribution in [0.4, 0.5) is 0 Å². The molecule has 0 radical (unpaired) electrons. The lowest BCUT2D eigenvalue weighted by atomic mass is 10.2. The van der Waals surface area contributed by atoms with Crippen molar-refractivity contribution in [2.24, 2.45) is 0 Å². The Morgan fingerprint density at radius 3 is 2.89 bits per heavy atom. The Morgan fingerprint density at radius 2 is 2.22 bits per heavy atom. The highest BCUT2D eigenvalue weighted by molar-refractivity contribution is 5.13. The fraction of sp³-hybridized carbons (Fsp3) is 0.250. The number of ether oxygens (including phenoxy) is 1. The van der Waals surface area contributed by atoms with Crippen LogP contribution in [-0.2, 0) is 11.3 Å². The van der Waals surface area contributed by atoms with Crippen LogP contribution in [0.3, 0.4) is 0 Å². The molecule has 0 heterocycles. The van der Waals surface area contributed by atoms with E-state index in [2.05, 4.69) is 0 Å². The van der Waals surface area contributed by atoms with E-state index in [-0.39, 0.29) is 7.09 Å². The summed E-state index contributed by atoms with van der Waals surface area (Å²) in [4.78, 5) is 0. The molecule has 48 valence electrons. The van der Waals surface area contributed by atoms with E-state index in [0.717, 1.165) is 5.56 Å². The van der Waals surface area contributed by atoms with Crippen LogP contribution in [0, 0.1) is 0 Å². The van der Waals surface area contributed by atoms with Gasteiger partial charge in [-0.1, -0.05) is 30.3 Å². The summed E-state index contributed by atoms with van der Waals surface area (Å²) in [5.41, 5.74) is 1.12. The molecule has 1 aromatic rings. The van der Waals surface area contributed by atoms with Gasteiger partial charge in [-0.05, 0) is 5.56 Å². The van der Waals surface area contributed by atoms with Crippen molar-refractivity contribution in [1.82, 2.24) is 0 Å². The van der Waals surface area contributed by atoms with Crippen molar-refractivity contribution in [2.75, 3.05) is 7.09 Å². The van der Waals surface area contributed by atoms with Crippen LogP contribution in [0.5, 0.6) is 0 Å². The normalized spacial score (nSPS) is 10.9. The molecule has 0 spiro atoms. The molecule has 0 saturated carbocycles. The summed E-state index contributed by atoms with van der Waals surface area (Å²) in [6.07, 6.45) is 0. The summed E-state index contributed by atoms with van der Waals surface area (Å²) in [5, 5.41) is 0. The largest absolute Gasteiger partial charge is 0.380 e. The van der Waals surface area contributed by atoms with Crippen molar-refractivity contribution >= 4 is 0 Å². The summed E-state index contributed by atoms with van der Waals surface area (Å²) in [6, 6.07) is 9.85. The quantitative estimate of drug-likeness (QED) is 0.584. The maximum atomic E-state index is 6.73. The van der Waals surface area contributed by atoms with Crippen molar-refractivity contribution in [3.8, 4) is 0 Å². The van der Waals surface area contributed by atoms with Crippen LogP contribution in [0.25, 0.3) is 0 Å². The second-order valence-corrected chi connectivity index (χ2v) is 1.83. The van der Waals surface area contributed by atoms with Gasteiger partial charge in [0.1, 0.15) is 0 Å². The Bertz CT molecular complexity index is 174. The number of hydrogen-bond acceptors (Lipinski definition) is 1. The SMILES string of the molecule is [3H]COCc1ccccc1. The lowest BCUT2D eigenvalue weighted by Gasteiger charge is -1.95. The van der Waals surface area contributed by atoms with Gasteiger partial charge in [0.2, 0.25) is 0 Å². The summed E-state index contributed by atoms with van der Waals surface area (Å²) in [7, 11) is 0.0366.